The molecule has 0 radical (unpaired) electrons. The van der Waals surface area contributed by atoms with Crippen LogP contribution in [0.25, 0.3) is 0 Å². The molecule has 1 aromatic carbocycles. The van der Waals surface area contributed by atoms with Crippen LogP contribution in [-0.4, -0.2) is 11.4 Å². The van der Waals surface area contributed by atoms with Crippen molar-refractivity contribution in [2.45, 2.75) is 11.3 Å². The number of hydrogen-bond donors (Lipinski definition) is 0. The highest BCUT2D eigenvalue weighted by molar-refractivity contribution is 14.1. The smallest absolute Gasteiger partial charge is 0.120 e. The van der Waals surface area contributed by atoms with Crippen molar-refractivity contribution in [2.24, 2.45) is 0 Å². The first kappa shape index (κ1) is 11.4. The van der Waals surface area contributed by atoms with E-state index >= 15 is 0 Å². The molecule has 1 aromatic rings. The number of alkyl halides is 2. The maximum Gasteiger partial charge on any atom is 0.120 e. The third-order valence-corrected chi connectivity index (χ3v) is 2.51. The van der Waals surface area contributed by atoms with Gasteiger partial charge in [-0.1, -0.05) is 6.07 Å². The van der Waals surface area contributed by atoms with E-state index in [2.05, 4.69) is 22.6 Å². The highest BCUT2D eigenvalue weighted by Gasteiger charge is 1.99. The van der Waals surface area contributed by atoms with Crippen molar-refractivity contribution in [1.82, 2.24) is 0 Å². The summed E-state index contributed by atoms with van der Waals surface area (Å²) in [5.74, 6) is 0.862. The molecule has 0 atom stereocenters. The van der Waals surface area contributed by atoms with Gasteiger partial charge in [0.1, 0.15) is 10.6 Å². The van der Waals surface area contributed by atoms with Crippen molar-refractivity contribution in [1.29, 1.82) is 0 Å². The van der Waals surface area contributed by atoms with Gasteiger partial charge in [-0.25, -0.2) is 0 Å². The fourth-order valence-electron chi connectivity index (χ4n) is 0.823. The number of ether oxygens (including phenoxy) is 1. The van der Waals surface area contributed by atoms with Gasteiger partial charge in [-0.15, -0.1) is 23.2 Å². The van der Waals surface area contributed by atoms with Gasteiger partial charge in [0.2, 0.25) is 0 Å². The lowest BCUT2D eigenvalue weighted by molar-refractivity contribution is 0.315. The first-order valence-electron chi connectivity index (χ1n) is 3.85. The minimum atomic E-state index is -0.345. The van der Waals surface area contributed by atoms with E-state index in [1.165, 1.54) is 0 Å². The minimum absolute atomic E-state index is 0.345. The molecule has 0 aliphatic heterocycles. The molecular formula is C9H9Cl2IO. The summed E-state index contributed by atoms with van der Waals surface area (Å²) in [6.07, 6.45) is 0.647. The van der Waals surface area contributed by atoms with Crippen LogP contribution in [0.5, 0.6) is 5.75 Å². The Kier molecular flexibility index (Phi) is 5.21. The van der Waals surface area contributed by atoms with Gasteiger partial charge in [0, 0.05) is 9.99 Å². The van der Waals surface area contributed by atoms with Crippen molar-refractivity contribution in [3.05, 3.63) is 27.8 Å². The van der Waals surface area contributed by atoms with Gasteiger partial charge in [-0.3, -0.25) is 0 Å². The fourth-order valence-corrected chi connectivity index (χ4v) is 1.52. The third-order valence-electron chi connectivity index (χ3n) is 1.40. The average molecular weight is 331 g/mol. The number of hydrogen-bond acceptors (Lipinski definition) is 1. The van der Waals surface area contributed by atoms with Crippen LogP contribution in [0.1, 0.15) is 6.42 Å². The quantitative estimate of drug-likeness (QED) is 0.601. The molecule has 72 valence electrons. The van der Waals surface area contributed by atoms with Crippen LogP contribution in [0, 0.1) is 3.57 Å². The summed E-state index contributed by atoms with van der Waals surface area (Å²) >= 11 is 13.4. The molecule has 1 nitrogen and oxygen atoms in total. The Morgan fingerprint density at radius 3 is 2.77 bits per heavy atom. The van der Waals surface area contributed by atoms with Gasteiger partial charge in [0.05, 0.1) is 6.61 Å². The van der Waals surface area contributed by atoms with E-state index < -0.39 is 0 Å². The van der Waals surface area contributed by atoms with Gasteiger partial charge in [0.15, 0.2) is 0 Å². The second-order valence-electron chi connectivity index (χ2n) is 2.49. The van der Waals surface area contributed by atoms with Crippen LogP contribution >= 0.6 is 45.8 Å². The van der Waals surface area contributed by atoms with Crippen LogP contribution in [0.4, 0.5) is 0 Å². The highest BCUT2D eigenvalue weighted by Crippen LogP contribution is 2.16. The summed E-state index contributed by atoms with van der Waals surface area (Å²) in [6, 6.07) is 7.85. The zero-order chi connectivity index (χ0) is 9.68. The van der Waals surface area contributed by atoms with Crippen molar-refractivity contribution in [2.75, 3.05) is 6.61 Å². The summed E-state index contributed by atoms with van der Waals surface area (Å²) in [5.41, 5.74) is 0. The molecule has 0 heterocycles. The molecule has 4 heteroatoms. The van der Waals surface area contributed by atoms with Crippen molar-refractivity contribution in [3.63, 3.8) is 0 Å². The lowest BCUT2D eigenvalue weighted by Gasteiger charge is -2.06. The predicted octanol–water partition coefficient (Wildman–Crippen LogP) is 3.86. The summed E-state index contributed by atoms with van der Waals surface area (Å²) < 4.78 is 6.58. The Labute approximate surface area is 102 Å². The number of benzene rings is 1. The number of halogens is 3. The van der Waals surface area contributed by atoms with Gasteiger partial charge in [-0.2, -0.15) is 0 Å². The summed E-state index contributed by atoms with van der Waals surface area (Å²) in [4.78, 5) is -0.345. The molecular weight excluding hydrogens is 322 g/mol. The molecule has 0 aromatic heterocycles. The zero-order valence-electron chi connectivity index (χ0n) is 6.84. The Morgan fingerprint density at radius 2 is 2.15 bits per heavy atom. The molecule has 0 amide bonds. The molecule has 0 unspecified atom stereocenters. The average Bonchev–Trinajstić information content (AvgIpc) is 2.03. The Bertz CT molecular complexity index is 266. The van der Waals surface area contributed by atoms with E-state index in [1.807, 2.05) is 24.3 Å². The molecule has 0 N–H and O–H groups in total. The molecule has 0 saturated carbocycles. The second-order valence-corrected chi connectivity index (χ2v) is 5.01. The Balaban J connectivity index is 2.37. The summed E-state index contributed by atoms with van der Waals surface area (Å²) in [5, 5.41) is 0. The fraction of sp³-hybridized carbons (Fsp3) is 0.333. The second kappa shape index (κ2) is 5.94. The molecule has 0 bridgehead atoms. The zero-order valence-corrected chi connectivity index (χ0v) is 10.5. The van der Waals surface area contributed by atoms with Gasteiger partial charge in [-0.05, 0) is 40.8 Å². The van der Waals surface area contributed by atoms with Crippen LogP contribution < -0.4 is 4.74 Å². The summed E-state index contributed by atoms with van der Waals surface area (Å²) in [6.45, 7) is 0.553. The predicted molar refractivity (Wildman–Crippen MR) is 64.8 cm³/mol. The van der Waals surface area contributed by atoms with Crippen LogP contribution in [0.2, 0.25) is 0 Å². The monoisotopic (exact) mass is 330 g/mol. The van der Waals surface area contributed by atoms with Crippen molar-refractivity contribution in [3.8, 4) is 5.75 Å². The normalized spacial score (nSPS) is 10.5. The minimum Gasteiger partial charge on any atom is -0.493 e. The van der Waals surface area contributed by atoms with E-state index in [9.17, 15) is 0 Å². The van der Waals surface area contributed by atoms with E-state index in [1.54, 1.807) is 0 Å². The Hall–Kier alpha value is 0.330. The van der Waals surface area contributed by atoms with Crippen LogP contribution in [0.15, 0.2) is 24.3 Å². The van der Waals surface area contributed by atoms with Crippen LogP contribution in [-0.2, 0) is 0 Å². The Morgan fingerprint density at radius 1 is 1.38 bits per heavy atom. The molecule has 0 spiro atoms. The largest absolute Gasteiger partial charge is 0.493 e. The van der Waals surface area contributed by atoms with Crippen LogP contribution in [0.3, 0.4) is 0 Å². The summed E-state index contributed by atoms with van der Waals surface area (Å²) in [7, 11) is 0. The van der Waals surface area contributed by atoms with E-state index in [4.69, 9.17) is 27.9 Å². The molecule has 0 aliphatic carbocycles. The lowest BCUT2D eigenvalue weighted by Crippen LogP contribution is -2.01. The van der Waals surface area contributed by atoms with E-state index in [-0.39, 0.29) is 4.84 Å². The first-order chi connectivity index (χ1) is 6.18. The van der Waals surface area contributed by atoms with Gasteiger partial charge >= 0.3 is 0 Å². The maximum absolute atomic E-state index is 5.56. The lowest BCUT2D eigenvalue weighted by atomic mass is 10.3. The molecule has 1 rings (SSSR count). The molecule has 0 saturated heterocycles. The first-order valence-corrected chi connectivity index (χ1v) is 5.80. The van der Waals surface area contributed by atoms with Gasteiger partial charge < -0.3 is 4.74 Å². The molecule has 0 aliphatic rings. The SMILES string of the molecule is ClC(Cl)CCOc1cccc(I)c1. The molecule has 0 fully saturated rings. The standard InChI is InChI=1S/C9H9Cl2IO/c10-9(11)4-5-13-8-3-1-2-7(12)6-8/h1-3,6,9H,4-5H2. The van der Waals surface area contributed by atoms with E-state index in [0.29, 0.717) is 13.0 Å². The third kappa shape index (κ3) is 4.93. The van der Waals surface area contributed by atoms with Crippen molar-refractivity contribution >= 4 is 45.8 Å². The molecule has 13 heavy (non-hydrogen) atoms. The topological polar surface area (TPSA) is 9.23 Å². The maximum atomic E-state index is 5.56. The van der Waals surface area contributed by atoms with Gasteiger partial charge in [0.25, 0.3) is 0 Å². The number of rotatable bonds is 4. The van der Waals surface area contributed by atoms with Crippen molar-refractivity contribution < 1.29 is 4.74 Å². The van der Waals surface area contributed by atoms with E-state index in [0.717, 1.165) is 9.32 Å². The highest BCUT2D eigenvalue weighted by atomic mass is 127.